The SMILES string of the molecule is C[C@H](NCc1cccc(NCc2ccc3cc(CNO)sc3c2)c1)C(=O)OC1CCCC1. The second-order valence-electron chi connectivity index (χ2n) is 8.42. The number of thiophene rings is 1. The summed E-state index contributed by atoms with van der Waals surface area (Å²) < 4.78 is 6.80. The molecule has 170 valence electrons. The number of hydroxylamine groups is 1. The van der Waals surface area contributed by atoms with Gasteiger partial charge in [-0.05, 0) is 73.4 Å². The Hall–Kier alpha value is -2.45. The van der Waals surface area contributed by atoms with Gasteiger partial charge in [0.2, 0.25) is 0 Å². The van der Waals surface area contributed by atoms with E-state index in [2.05, 4.69) is 58.6 Å². The first-order valence-corrected chi connectivity index (χ1v) is 12.1. The minimum atomic E-state index is -0.323. The minimum absolute atomic E-state index is 0.102. The quantitative estimate of drug-likeness (QED) is 0.257. The van der Waals surface area contributed by atoms with Crippen molar-refractivity contribution in [3.63, 3.8) is 0 Å². The van der Waals surface area contributed by atoms with Crippen LogP contribution in [0.2, 0.25) is 0 Å². The zero-order chi connectivity index (χ0) is 22.3. The number of hydrogen-bond donors (Lipinski definition) is 4. The summed E-state index contributed by atoms with van der Waals surface area (Å²) in [5.74, 6) is -0.159. The largest absolute Gasteiger partial charge is 0.461 e. The Labute approximate surface area is 192 Å². The molecular weight excluding hydrogens is 422 g/mol. The van der Waals surface area contributed by atoms with E-state index in [1.807, 2.05) is 13.0 Å². The number of carbonyl (C=O) groups is 1. The first-order chi connectivity index (χ1) is 15.6. The second-order valence-corrected chi connectivity index (χ2v) is 9.59. The monoisotopic (exact) mass is 453 g/mol. The van der Waals surface area contributed by atoms with Crippen LogP contribution in [0.3, 0.4) is 0 Å². The van der Waals surface area contributed by atoms with Gasteiger partial charge >= 0.3 is 5.97 Å². The van der Waals surface area contributed by atoms with Crippen LogP contribution in [0, 0.1) is 0 Å². The van der Waals surface area contributed by atoms with Crippen molar-refractivity contribution >= 4 is 33.1 Å². The maximum atomic E-state index is 12.3. The van der Waals surface area contributed by atoms with Gasteiger partial charge in [0, 0.05) is 28.4 Å². The third-order valence-electron chi connectivity index (χ3n) is 5.86. The minimum Gasteiger partial charge on any atom is -0.461 e. The molecule has 4 N–H and O–H groups in total. The molecule has 3 aromatic rings. The van der Waals surface area contributed by atoms with Gasteiger partial charge in [0.25, 0.3) is 0 Å². The Morgan fingerprint density at radius 2 is 1.91 bits per heavy atom. The van der Waals surface area contributed by atoms with Crippen molar-refractivity contribution in [3.05, 3.63) is 64.5 Å². The highest BCUT2D eigenvalue weighted by Gasteiger charge is 2.22. The predicted molar refractivity (Wildman–Crippen MR) is 129 cm³/mol. The molecule has 1 saturated carbocycles. The Morgan fingerprint density at radius 3 is 2.72 bits per heavy atom. The Bertz CT molecular complexity index is 1050. The normalized spacial score (nSPS) is 15.2. The average molecular weight is 454 g/mol. The molecule has 32 heavy (non-hydrogen) atoms. The van der Waals surface area contributed by atoms with Crippen LogP contribution in [-0.2, 0) is 29.2 Å². The van der Waals surface area contributed by atoms with E-state index in [1.54, 1.807) is 11.3 Å². The van der Waals surface area contributed by atoms with Crippen molar-refractivity contribution in [1.29, 1.82) is 0 Å². The van der Waals surface area contributed by atoms with Gasteiger partial charge in [0.1, 0.15) is 12.1 Å². The van der Waals surface area contributed by atoms with Crippen molar-refractivity contribution in [2.24, 2.45) is 0 Å². The van der Waals surface area contributed by atoms with Crippen molar-refractivity contribution < 1.29 is 14.7 Å². The Balaban J connectivity index is 1.29. The maximum Gasteiger partial charge on any atom is 0.323 e. The lowest BCUT2D eigenvalue weighted by molar-refractivity contribution is -0.150. The summed E-state index contributed by atoms with van der Waals surface area (Å²) in [6.07, 6.45) is 4.40. The molecule has 1 aliphatic rings. The number of fused-ring (bicyclic) bond motifs is 1. The van der Waals surface area contributed by atoms with E-state index >= 15 is 0 Å². The molecule has 4 rings (SSSR count). The molecule has 1 heterocycles. The van der Waals surface area contributed by atoms with Crippen molar-refractivity contribution in [3.8, 4) is 0 Å². The second kappa shape index (κ2) is 10.9. The van der Waals surface area contributed by atoms with Crippen LogP contribution < -0.4 is 16.1 Å². The maximum absolute atomic E-state index is 12.3. The molecule has 0 aliphatic heterocycles. The average Bonchev–Trinajstić information content (AvgIpc) is 3.45. The Kier molecular flexibility index (Phi) is 7.76. The predicted octanol–water partition coefficient (Wildman–Crippen LogP) is 4.96. The van der Waals surface area contributed by atoms with Gasteiger partial charge in [0.05, 0.1) is 6.54 Å². The van der Waals surface area contributed by atoms with E-state index in [0.29, 0.717) is 13.1 Å². The number of carbonyl (C=O) groups excluding carboxylic acids is 1. The molecule has 1 fully saturated rings. The van der Waals surface area contributed by atoms with Crippen molar-refractivity contribution in [1.82, 2.24) is 10.8 Å². The molecule has 7 heteroatoms. The van der Waals surface area contributed by atoms with E-state index < -0.39 is 0 Å². The number of hydrogen-bond acceptors (Lipinski definition) is 7. The zero-order valence-electron chi connectivity index (χ0n) is 18.4. The summed E-state index contributed by atoms with van der Waals surface area (Å²) in [5.41, 5.74) is 5.58. The van der Waals surface area contributed by atoms with Crippen LogP contribution in [0.1, 0.15) is 48.6 Å². The summed E-state index contributed by atoms with van der Waals surface area (Å²) in [5, 5.41) is 16.9. The van der Waals surface area contributed by atoms with Gasteiger partial charge < -0.3 is 20.6 Å². The highest BCUT2D eigenvalue weighted by atomic mass is 32.1. The highest BCUT2D eigenvalue weighted by Crippen LogP contribution is 2.27. The van der Waals surface area contributed by atoms with Crippen LogP contribution in [-0.4, -0.2) is 23.3 Å². The molecule has 0 unspecified atom stereocenters. The number of esters is 1. The number of rotatable bonds is 10. The summed E-state index contributed by atoms with van der Waals surface area (Å²) in [6, 6.07) is 16.5. The van der Waals surface area contributed by atoms with E-state index in [9.17, 15) is 4.79 Å². The first kappa shape index (κ1) is 22.7. The standard InChI is InChI=1S/C25H31N3O3S/c1-17(25(29)31-22-7-2-3-8-22)26-14-18-5-4-6-21(11-18)27-15-19-9-10-20-13-23(16-28-30)32-24(20)12-19/h4-6,9-13,17,22,26-28,30H,2-3,7-8,14-16H2,1H3/t17-/m0/s1. The van der Waals surface area contributed by atoms with Gasteiger partial charge in [-0.2, -0.15) is 0 Å². The smallest absolute Gasteiger partial charge is 0.323 e. The van der Waals surface area contributed by atoms with Crippen LogP contribution >= 0.6 is 11.3 Å². The molecule has 0 amide bonds. The molecule has 0 bridgehead atoms. The number of nitrogens with one attached hydrogen (secondary N) is 3. The van der Waals surface area contributed by atoms with Gasteiger partial charge in [-0.25, -0.2) is 5.48 Å². The van der Waals surface area contributed by atoms with Crippen molar-refractivity contribution in [2.75, 3.05) is 5.32 Å². The summed E-state index contributed by atoms with van der Waals surface area (Å²) in [4.78, 5) is 13.4. The molecule has 0 radical (unpaired) electrons. The third-order valence-corrected chi connectivity index (χ3v) is 6.96. The number of benzene rings is 2. The number of ether oxygens (including phenoxy) is 1. The fourth-order valence-electron chi connectivity index (χ4n) is 4.03. The van der Waals surface area contributed by atoms with Gasteiger partial charge in [-0.15, -0.1) is 11.3 Å². The van der Waals surface area contributed by atoms with Gasteiger partial charge in [-0.3, -0.25) is 4.79 Å². The van der Waals surface area contributed by atoms with Crippen LogP contribution in [0.5, 0.6) is 0 Å². The molecule has 6 nitrogen and oxygen atoms in total. The molecule has 1 aliphatic carbocycles. The van der Waals surface area contributed by atoms with Gasteiger partial charge in [0.15, 0.2) is 0 Å². The lowest BCUT2D eigenvalue weighted by Gasteiger charge is -2.17. The van der Waals surface area contributed by atoms with Crippen molar-refractivity contribution in [2.45, 2.75) is 64.4 Å². The molecule has 0 saturated heterocycles. The topological polar surface area (TPSA) is 82.6 Å². The van der Waals surface area contributed by atoms with Crippen LogP contribution in [0.15, 0.2) is 48.5 Å². The fourth-order valence-corrected chi connectivity index (χ4v) is 5.09. The lowest BCUT2D eigenvalue weighted by atomic mass is 10.1. The highest BCUT2D eigenvalue weighted by molar-refractivity contribution is 7.19. The van der Waals surface area contributed by atoms with E-state index in [4.69, 9.17) is 9.94 Å². The molecular formula is C25H31N3O3S. The van der Waals surface area contributed by atoms with Crippen LogP contribution in [0.25, 0.3) is 10.1 Å². The molecule has 0 spiro atoms. The van der Waals surface area contributed by atoms with Crippen LogP contribution in [0.4, 0.5) is 5.69 Å². The van der Waals surface area contributed by atoms with E-state index in [-0.39, 0.29) is 18.1 Å². The van der Waals surface area contributed by atoms with E-state index in [1.165, 1.54) is 15.6 Å². The first-order valence-electron chi connectivity index (χ1n) is 11.3. The Morgan fingerprint density at radius 1 is 1.09 bits per heavy atom. The summed E-state index contributed by atoms with van der Waals surface area (Å²) in [7, 11) is 0. The molecule has 1 atom stereocenters. The summed E-state index contributed by atoms with van der Waals surface area (Å²) in [6.45, 7) is 3.66. The zero-order valence-corrected chi connectivity index (χ0v) is 19.2. The fraction of sp³-hybridized carbons (Fsp3) is 0.400. The van der Waals surface area contributed by atoms with Gasteiger partial charge in [-0.1, -0.05) is 24.3 Å². The third kappa shape index (κ3) is 6.07. The lowest BCUT2D eigenvalue weighted by Crippen LogP contribution is -2.36. The van der Waals surface area contributed by atoms with E-state index in [0.717, 1.165) is 48.4 Å². The molecule has 2 aromatic carbocycles. The summed E-state index contributed by atoms with van der Waals surface area (Å²) >= 11 is 1.69. The molecule has 1 aromatic heterocycles. The number of anilines is 1.